The quantitative estimate of drug-likeness (QED) is 0.668. The van der Waals surface area contributed by atoms with E-state index >= 15 is 0 Å². The lowest BCUT2D eigenvalue weighted by atomic mass is 10.0. The molecule has 0 unspecified atom stereocenters. The van der Waals surface area contributed by atoms with Crippen LogP contribution in [-0.4, -0.2) is 10.2 Å². The van der Waals surface area contributed by atoms with Gasteiger partial charge in [-0.3, -0.25) is 4.79 Å². The summed E-state index contributed by atoms with van der Waals surface area (Å²) >= 11 is 0. The van der Waals surface area contributed by atoms with Crippen molar-refractivity contribution >= 4 is 11.0 Å². The van der Waals surface area contributed by atoms with Crippen LogP contribution in [0, 0.1) is 5.82 Å². The first-order valence-electron chi connectivity index (χ1n) is 5.81. The van der Waals surface area contributed by atoms with Gasteiger partial charge in [0, 0.05) is 5.56 Å². The van der Waals surface area contributed by atoms with Crippen molar-refractivity contribution in [1.82, 2.24) is 0 Å². The highest BCUT2D eigenvalue weighted by Gasteiger charge is 2.15. The van der Waals surface area contributed by atoms with Crippen LogP contribution in [0.5, 0.6) is 11.5 Å². The molecule has 0 spiro atoms. The van der Waals surface area contributed by atoms with Crippen LogP contribution >= 0.6 is 0 Å². The minimum absolute atomic E-state index is 0.0562. The molecule has 0 saturated heterocycles. The molecule has 0 amide bonds. The Morgan fingerprint density at radius 1 is 1.00 bits per heavy atom. The molecule has 0 aliphatic carbocycles. The van der Waals surface area contributed by atoms with Gasteiger partial charge in [-0.15, -0.1) is 0 Å². The fourth-order valence-electron chi connectivity index (χ4n) is 2.04. The maximum absolute atomic E-state index is 13.7. The molecule has 0 saturated carbocycles. The first-order valence-corrected chi connectivity index (χ1v) is 5.81. The van der Waals surface area contributed by atoms with Crippen molar-refractivity contribution in [3.8, 4) is 22.6 Å². The average Bonchev–Trinajstić information content (AvgIpc) is 2.45. The van der Waals surface area contributed by atoms with Gasteiger partial charge in [0.2, 0.25) is 11.2 Å². The molecule has 0 aliphatic heterocycles. The molecule has 2 aromatic carbocycles. The van der Waals surface area contributed by atoms with E-state index in [9.17, 15) is 19.4 Å². The van der Waals surface area contributed by atoms with Gasteiger partial charge in [-0.2, -0.15) is 0 Å². The molecule has 0 radical (unpaired) electrons. The summed E-state index contributed by atoms with van der Waals surface area (Å²) in [6, 6.07) is 8.34. The predicted octanol–water partition coefficient (Wildman–Crippen LogP) is 3.01. The maximum Gasteiger partial charge on any atom is 0.201 e. The molecule has 0 bridgehead atoms. The molecule has 100 valence electrons. The SMILES string of the molecule is O=c1c(-c2ccccc2F)coc2c(O)c(O)ccc12. The van der Waals surface area contributed by atoms with Crippen LogP contribution in [0.1, 0.15) is 0 Å². The van der Waals surface area contributed by atoms with Gasteiger partial charge in [-0.1, -0.05) is 18.2 Å². The van der Waals surface area contributed by atoms with Crippen LogP contribution < -0.4 is 5.43 Å². The molecule has 2 N–H and O–H groups in total. The first-order chi connectivity index (χ1) is 9.59. The van der Waals surface area contributed by atoms with Crippen molar-refractivity contribution < 1.29 is 19.0 Å². The van der Waals surface area contributed by atoms with E-state index in [1.165, 1.54) is 30.3 Å². The number of halogens is 1. The van der Waals surface area contributed by atoms with E-state index < -0.39 is 17.0 Å². The van der Waals surface area contributed by atoms with E-state index in [1.807, 2.05) is 0 Å². The number of phenolic OH excluding ortho intramolecular Hbond substituents is 2. The minimum atomic E-state index is -0.540. The first kappa shape index (κ1) is 12.2. The highest BCUT2D eigenvalue weighted by molar-refractivity contribution is 5.87. The van der Waals surface area contributed by atoms with E-state index in [0.29, 0.717) is 0 Å². The lowest BCUT2D eigenvalue weighted by molar-refractivity contribution is 0.399. The predicted molar refractivity (Wildman–Crippen MR) is 71.2 cm³/mol. The summed E-state index contributed by atoms with van der Waals surface area (Å²) < 4.78 is 18.9. The van der Waals surface area contributed by atoms with E-state index in [-0.39, 0.29) is 27.8 Å². The monoisotopic (exact) mass is 272 g/mol. The van der Waals surface area contributed by atoms with Crippen molar-refractivity contribution in [2.24, 2.45) is 0 Å². The molecule has 3 rings (SSSR count). The van der Waals surface area contributed by atoms with E-state index in [0.717, 1.165) is 6.26 Å². The third kappa shape index (κ3) is 1.72. The van der Waals surface area contributed by atoms with Crippen molar-refractivity contribution in [3.63, 3.8) is 0 Å². The number of aromatic hydroxyl groups is 2. The molecule has 0 aliphatic rings. The molecule has 5 heteroatoms. The molecular weight excluding hydrogens is 263 g/mol. The third-order valence-electron chi connectivity index (χ3n) is 3.06. The Morgan fingerprint density at radius 3 is 2.50 bits per heavy atom. The summed E-state index contributed by atoms with van der Waals surface area (Å²) in [7, 11) is 0. The summed E-state index contributed by atoms with van der Waals surface area (Å²) in [6.07, 6.45) is 1.07. The van der Waals surface area contributed by atoms with Gasteiger partial charge in [0.25, 0.3) is 0 Å². The molecular formula is C15H9FO4. The normalized spacial score (nSPS) is 10.8. The largest absolute Gasteiger partial charge is 0.504 e. The highest BCUT2D eigenvalue weighted by atomic mass is 19.1. The lowest BCUT2D eigenvalue weighted by Crippen LogP contribution is -2.05. The Kier molecular flexibility index (Phi) is 2.68. The number of fused-ring (bicyclic) bond motifs is 1. The Morgan fingerprint density at radius 2 is 1.75 bits per heavy atom. The second-order valence-electron chi connectivity index (χ2n) is 4.27. The number of rotatable bonds is 1. The van der Waals surface area contributed by atoms with Gasteiger partial charge in [-0.25, -0.2) is 4.39 Å². The van der Waals surface area contributed by atoms with Crippen LogP contribution in [0.3, 0.4) is 0 Å². The summed E-state index contributed by atoms with van der Waals surface area (Å²) in [5.74, 6) is -1.44. The standard InChI is InChI=1S/C15H9FO4/c16-11-4-2-1-3-8(11)10-7-20-15-9(13(10)18)5-6-12(17)14(15)19/h1-7,17,19H. The van der Waals surface area contributed by atoms with Crippen LogP contribution in [0.15, 0.2) is 51.9 Å². The Bertz CT molecular complexity index is 867. The lowest BCUT2D eigenvalue weighted by Gasteiger charge is -2.05. The number of hydrogen-bond acceptors (Lipinski definition) is 4. The summed E-state index contributed by atoms with van der Waals surface area (Å²) in [5, 5.41) is 19.1. The van der Waals surface area contributed by atoms with Crippen LogP contribution in [-0.2, 0) is 0 Å². The Labute approximate surface area is 112 Å². The molecule has 20 heavy (non-hydrogen) atoms. The smallest absolute Gasteiger partial charge is 0.201 e. The zero-order valence-electron chi connectivity index (χ0n) is 10.1. The summed E-state index contributed by atoms with van der Waals surface area (Å²) in [4.78, 5) is 12.3. The number of hydrogen-bond donors (Lipinski definition) is 2. The second kappa shape index (κ2) is 4.38. The molecule has 0 atom stereocenters. The maximum atomic E-state index is 13.7. The van der Waals surface area contributed by atoms with Gasteiger partial charge in [0.05, 0.1) is 10.9 Å². The average molecular weight is 272 g/mol. The molecule has 4 nitrogen and oxygen atoms in total. The van der Waals surface area contributed by atoms with Gasteiger partial charge in [-0.05, 0) is 18.2 Å². The summed E-state index contributed by atoms with van der Waals surface area (Å²) in [5.41, 5.74) is -0.432. The van der Waals surface area contributed by atoms with E-state index in [4.69, 9.17) is 4.42 Å². The fraction of sp³-hybridized carbons (Fsp3) is 0. The topological polar surface area (TPSA) is 70.7 Å². The molecule has 1 heterocycles. The zero-order valence-corrected chi connectivity index (χ0v) is 10.1. The fourth-order valence-corrected chi connectivity index (χ4v) is 2.04. The molecule has 3 aromatic rings. The van der Waals surface area contributed by atoms with E-state index in [2.05, 4.69) is 0 Å². The van der Waals surface area contributed by atoms with Crippen molar-refractivity contribution in [2.45, 2.75) is 0 Å². The van der Waals surface area contributed by atoms with Gasteiger partial charge >= 0.3 is 0 Å². The Hall–Kier alpha value is -2.82. The number of phenols is 2. The highest BCUT2D eigenvalue weighted by Crippen LogP contribution is 2.33. The van der Waals surface area contributed by atoms with Crippen LogP contribution in [0.2, 0.25) is 0 Å². The molecule has 0 fully saturated rings. The summed E-state index contributed by atoms with van der Waals surface area (Å²) in [6.45, 7) is 0. The van der Waals surface area contributed by atoms with Crippen molar-refractivity contribution in [3.05, 3.63) is 58.7 Å². The Balaban J connectivity index is 2.36. The van der Waals surface area contributed by atoms with E-state index in [1.54, 1.807) is 6.07 Å². The van der Waals surface area contributed by atoms with Gasteiger partial charge in [0.15, 0.2) is 11.3 Å². The molecule has 1 aromatic heterocycles. The van der Waals surface area contributed by atoms with Crippen LogP contribution in [0.25, 0.3) is 22.1 Å². The van der Waals surface area contributed by atoms with Crippen molar-refractivity contribution in [2.75, 3.05) is 0 Å². The second-order valence-corrected chi connectivity index (χ2v) is 4.27. The zero-order chi connectivity index (χ0) is 14.3. The van der Waals surface area contributed by atoms with Crippen molar-refractivity contribution in [1.29, 1.82) is 0 Å². The van der Waals surface area contributed by atoms with Crippen LogP contribution in [0.4, 0.5) is 4.39 Å². The minimum Gasteiger partial charge on any atom is -0.504 e. The van der Waals surface area contributed by atoms with Gasteiger partial charge < -0.3 is 14.6 Å². The number of benzene rings is 2. The third-order valence-corrected chi connectivity index (χ3v) is 3.06. The van der Waals surface area contributed by atoms with Gasteiger partial charge in [0.1, 0.15) is 12.1 Å².